The van der Waals surface area contributed by atoms with E-state index in [1.54, 1.807) is 37.4 Å². The van der Waals surface area contributed by atoms with E-state index in [4.69, 9.17) is 26.2 Å². The molecule has 0 heterocycles. The van der Waals surface area contributed by atoms with E-state index in [1.165, 1.54) is 0 Å². The van der Waals surface area contributed by atoms with Crippen molar-refractivity contribution >= 4 is 21.6 Å². The molecule has 0 amide bonds. The number of nitrogens with two attached hydrogens (primary N) is 1. The van der Waals surface area contributed by atoms with E-state index >= 15 is 0 Å². The van der Waals surface area contributed by atoms with Crippen LogP contribution in [0.3, 0.4) is 0 Å². The first kappa shape index (κ1) is 17.1. The second-order valence-electron chi connectivity index (χ2n) is 5.82. The predicted octanol–water partition coefficient (Wildman–Crippen LogP) is 3.18. The molecule has 2 aromatic rings. The van der Waals surface area contributed by atoms with E-state index in [1.807, 2.05) is 12.1 Å². The zero-order chi connectivity index (χ0) is 17.3. The third kappa shape index (κ3) is 3.83. The Labute approximate surface area is 146 Å². The molecule has 3 rings (SSSR count). The lowest BCUT2D eigenvalue weighted by atomic mass is 10.1. The van der Waals surface area contributed by atoms with Crippen molar-refractivity contribution in [3.8, 4) is 11.5 Å². The van der Waals surface area contributed by atoms with Crippen molar-refractivity contribution in [3.05, 3.63) is 53.1 Å². The number of hydrogen-bond acceptors (Lipinski definition) is 4. The van der Waals surface area contributed by atoms with Gasteiger partial charge in [-0.05, 0) is 42.2 Å². The highest BCUT2D eigenvalue weighted by atomic mass is 35.5. The second kappa shape index (κ2) is 6.63. The topological polar surface area (TPSA) is 78.6 Å². The van der Waals surface area contributed by atoms with Crippen LogP contribution < -0.4 is 14.6 Å². The molecule has 5 nitrogen and oxygen atoms in total. The molecule has 2 N–H and O–H groups in total. The summed E-state index contributed by atoms with van der Waals surface area (Å²) in [5, 5.41) is 5.70. The van der Waals surface area contributed by atoms with Gasteiger partial charge in [-0.1, -0.05) is 23.7 Å². The predicted molar refractivity (Wildman–Crippen MR) is 92.2 cm³/mol. The number of benzene rings is 2. The Bertz CT molecular complexity index is 836. The molecule has 1 aliphatic carbocycles. The van der Waals surface area contributed by atoms with Crippen LogP contribution in [0.5, 0.6) is 11.5 Å². The SMILES string of the molecule is COc1ccc(Cl)cc1OC[C@H]1C[C@@H]1c1ccc(S(N)(=O)=O)cc1. The lowest BCUT2D eigenvalue weighted by Gasteiger charge is -2.11. The molecule has 128 valence electrons. The summed E-state index contributed by atoms with van der Waals surface area (Å²) in [6.07, 6.45) is 0.998. The van der Waals surface area contributed by atoms with E-state index in [-0.39, 0.29) is 4.90 Å². The van der Waals surface area contributed by atoms with E-state index in [0.29, 0.717) is 35.0 Å². The van der Waals surface area contributed by atoms with E-state index in [2.05, 4.69) is 0 Å². The lowest BCUT2D eigenvalue weighted by molar-refractivity contribution is 0.278. The van der Waals surface area contributed by atoms with Crippen molar-refractivity contribution in [3.63, 3.8) is 0 Å². The van der Waals surface area contributed by atoms with Gasteiger partial charge in [-0.15, -0.1) is 0 Å². The second-order valence-corrected chi connectivity index (χ2v) is 7.82. The van der Waals surface area contributed by atoms with Gasteiger partial charge in [0.2, 0.25) is 10.0 Å². The molecule has 0 aliphatic heterocycles. The number of primary sulfonamides is 1. The molecule has 0 radical (unpaired) electrons. The summed E-state index contributed by atoms with van der Waals surface area (Å²) in [7, 11) is -2.06. The third-order valence-electron chi connectivity index (χ3n) is 4.14. The van der Waals surface area contributed by atoms with Gasteiger partial charge in [-0.2, -0.15) is 0 Å². The first-order chi connectivity index (χ1) is 11.4. The summed E-state index contributed by atoms with van der Waals surface area (Å²) in [5.74, 6) is 2.02. The van der Waals surface area contributed by atoms with Crippen molar-refractivity contribution < 1.29 is 17.9 Å². The molecule has 0 saturated heterocycles. The molecule has 0 bridgehead atoms. The van der Waals surface area contributed by atoms with Crippen LogP contribution in [0.4, 0.5) is 0 Å². The Morgan fingerprint density at radius 1 is 1.17 bits per heavy atom. The molecule has 0 aromatic heterocycles. The first-order valence-electron chi connectivity index (χ1n) is 7.47. The standard InChI is InChI=1S/C17H18ClNO4S/c1-22-16-7-4-13(18)9-17(16)23-10-12-8-15(12)11-2-5-14(6-3-11)24(19,20)21/h2-7,9,12,15H,8,10H2,1H3,(H2,19,20,21)/t12-,15-/m1/s1. The fraction of sp³-hybridized carbons (Fsp3) is 0.294. The quantitative estimate of drug-likeness (QED) is 0.850. The molecule has 7 heteroatoms. The Hall–Kier alpha value is -1.76. The summed E-state index contributed by atoms with van der Waals surface area (Å²) in [6.45, 7) is 0.554. The minimum atomic E-state index is -3.65. The van der Waals surface area contributed by atoms with Gasteiger partial charge in [-0.3, -0.25) is 0 Å². The van der Waals surface area contributed by atoms with Gasteiger partial charge in [0.15, 0.2) is 11.5 Å². The largest absolute Gasteiger partial charge is 0.493 e. The normalized spacial score (nSPS) is 19.8. The van der Waals surface area contributed by atoms with Gasteiger partial charge >= 0.3 is 0 Å². The summed E-state index contributed by atoms with van der Waals surface area (Å²) < 4.78 is 33.6. The van der Waals surface area contributed by atoms with Crippen LogP contribution in [-0.4, -0.2) is 22.1 Å². The monoisotopic (exact) mass is 367 g/mol. The summed E-state index contributed by atoms with van der Waals surface area (Å²) >= 11 is 5.99. The molecular formula is C17H18ClNO4S. The Morgan fingerprint density at radius 3 is 2.50 bits per heavy atom. The molecule has 2 aromatic carbocycles. The van der Waals surface area contributed by atoms with Crippen LogP contribution >= 0.6 is 11.6 Å². The minimum absolute atomic E-state index is 0.128. The van der Waals surface area contributed by atoms with Crippen molar-refractivity contribution in [2.45, 2.75) is 17.2 Å². The number of hydrogen-bond donors (Lipinski definition) is 1. The summed E-state index contributed by atoms with van der Waals surface area (Å²) in [4.78, 5) is 0.128. The van der Waals surface area contributed by atoms with Crippen LogP contribution in [-0.2, 0) is 10.0 Å². The van der Waals surface area contributed by atoms with Gasteiger partial charge in [0.1, 0.15) is 0 Å². The molecule has 0 unspecified atom stereocenters. The van der Waals surface area contributed by atoms with Crippen molar-refractivity contribution in [2.75, 3.05) is 13.7 Å². The van der Waals surface area contributed by atoms with Crippen LogP contribution in [0.15, 0.2) is 47.4 Å². The van der Waals surface area contributed by atoms with E-state index in [0.717, 1.165) is 12.0 Å². The average Bonchev–Trinajstić information content (AvgIpc) is 3.32. The zero-order valence-corrected chi connectivity index (χ0v) is 14.7. The highest BCUT2D eigenvalue weighted by Gasteiger charge is 2.39. The van der Waals surface area contributed by atoms with Crippen molar-refractivity contribution in [1.29, 1.82) is 0 Å². The van der Waals surface area contributed by atoms with Crippen LogP contribution in [0.25, 0.3) is 0 Å². The highest BCUT2D eigenvalue weighted by Crippen LogP contribution is 2.48. The number of sulfonamides is 1. The molecule has 1 saturated carbocycles. The van der Waals surface area contributed by atoms with Gasteiger partial charge in [0.25, 0.3) is 0 Å². The van der Waals surface area contributed by atoms with E-state index in [9.17, 15) is 8.42 Å². The molecular weight excluding hydrogens is 350 g/mol. The van der Waals surface area contributed by atoms with Crippen LogP contribution in [0, 0.1) is 5.92 Å². The lowest BCUT2D eigenvalue weighted by Crippen LogP contribution is -2.11. The zero-order valence-electron chi connectivity index (χ0n) is 13.1. The van der Waals surface area contributed by atoms with E-state index < -0.39 is 10.0 Å². The Morgan fingerprint density at radius 2 is 1.88 bits per heavy atom. The highest BCUT2D eigenvalue weighted by molar-refractivity contribution is 7.89. The molecule has 24 heavy (non-hydrogen) atoms. The van der Waals surface area contributed by atoms with Crippen LogP contribution in [0.2, 0.25) is 5.02 Å². The van der Waals surface area contributed by atoms with Gasteiger partial charge in [0.05, 0.1) is 18.6 Å². The maximum absolute atomic E-state index is 11.3. The number of ether oxygens (including phenoxy) is 2. The molecule has 2 atom stereocenters. The number of rotatable bonds is 6. The third-order valence-corrected chi connectivity index (χ3v) is 5.30. The first-order valence-corrected chi connectivity index (χ1v) is 9.40. The summed E-state index contributed by atoms with van der Waals surface area (Å²) in [6, 6.07) is 12.0. The minimum Gasteiger partial charge on any atom is -0.493 e. The van der Waals surface area contributed by atoms with Gasteiger partial charge in [-0.25, -0.2) is 13.6 Å². The Kier molecular flexibility index (Phi) is 4.71. The number of halogens is 1. The molecule has 1 fully saturated rings. The average molecular weight is 368 g/mol. The fourth-order valence-corrected chi connectivity index (χ4v) is 3.38. The van der Waals surface area contributed by atoms with Gasteiger partial charge < -0.3 is 9.47 Å². The Balaban J connectivity index is 1.61. The van der Waals surface area contributed by atoms with Crippen molar-refractivity contribution in [1.82, 2.24) is 0 Å². The number of methoxy groups -OCH3 is 1. The van der Waals surface area contributed by atoms with Gasteiger partial charge in [0, 0.05) is 17.0 Å². The fourth-order valence-electron chi connectivity index (χ4n) is 2.70. The molecule has 1 aliphatic rings. The molecule has 0 spiro atoms. The van der Waals surface area contributed by atoms with Crippen LogP contribution in [0.1, 0.15) is 17.9 Å². The summed E-state index contributed by atoms with van der Waals surface area (Å²) in [5.41, 5.74) is 1.09. The smallest absolute Gasteiger partial charge is 0.238 e. The van der Waals surface area contributed by atoms with Crippen molar-refractivity contribution in [2.24, 2.45) is 11.1 Å². The maximum atomic E-state index is 11.3. The maximum Gasteiger partial charge on any atom is 0.238 e.